The van der Waals surface area contributed by atoms with Crippen LogP contribution in [0.1, 0.15) is 32.8 Å². The van der Waals surface area contributed by atoms with Crippen molar-refractivity contribution < 1.29 is 19.4 Å². The maximum Gasteiger partial charge on any atom is 0.410 e. The van der Waals surface area contributed by atoms with E-state index in [4.69, 9.17) is 4.74 Å². The second-order valence-corrected chi connectivity index (χ2v) is 8.19. The first-order valence-electron chi connectivity index (χ1n) is 8.34. The van der Waals surface area contributed by atoms with Crippen molar-refractivity contribution in [2.24, 2.45) is 5.92 Å². The Morgan fingerprint density at radius 2 is 2.12 bits per heavy atom. The smallest absolute Gasteiger partial charge is 0.410 e. The molecule has 0 radical (unpaired) electrons. The molecule has 2 N–H and O–H groups in total. The van der Waals surface area contributed by atoms with E-state index in [9.17, 15) is 14.7 Å². The summed E-state index contributed by atoms with van der Waals surface area (Å²) in [6.45, 7) is 6.61. The molecule has 2 rings (SSSR count). The van der Waals surface area contributed by atoms with E-state index in [2.05, 4.69) is 21.2 Å². The molecule has 1 saturated heterocycles. The number of carboxylic acid groups (broad SMARTS) is 1. The highest BCUT2D eigenvalue weighted by molar-refractivity contribution is 9.10. The lowest BCUT2D eigenvalue weighted by Gasteiger charge is -2.37. The van der Waals surface area contributed by atoms with Gasteiger partial charge in [-0.3, -0.25) is 4.79 Å². The van der Waals surface area contributed by atoms with Crippen LogP contribution in [0.3, 0.4) is 0 Å². The molecule has 0 spiro atoms. The van der Waals surface area contributed by atoms with Crippen LogP contribution in [0.4, 0.5) is 4.79 Å². The van der Waals surface area contributed by atoms with E-state index >= 15 is 0 Å². The quantitative estimate of drug-likeness (QED) is 0.793. The number of rotatable bonds is 4. The zero-order chi connectivity index (χ0) is 18.6. The molecule has 0 aromatic heterocycles. The monoisotopic (exact) mass is 412 g/mol. The molecule has 2 atom stereocenters. The van der Waals surface area contributed by atoms with Gasteiger partial charge in [0.2, 0.25) is 0 Å². The first kappa shape index (κ1) is 19.7. The SMILES string of the molecule is CC(C)(C)OC(=O)N1CC[C@@H](NCc2cccc(Br)c2)[C@H](C(=O)O)C1. The number of nitrogens with zero attached hydrogens (tertiary/aromatic N) is 1. The lowest BCUT2D eigenvalue weighted by atomic mass is 9.92. The van der Waals surface area contributed by atoms with Crippen molar-refractivity contribution in [3.05, 3.63) is 34.3 Å². The number of benzene rings is 1. The molecular weight excluding hydrogens is 388 g/mol. The first-order chi connectivity index (χ1) is 11.7. The number of carbonyl (C=O) groups excluding carboxylic acids is 1. The molecule has 1 aliphatic heterocycles. The van der Waals surface area contributed by atoms with Crippen LogP contribution < -0.4 is 5.32 Å². The second kappa shape index (κ2) is 8.19. The Hall–Kier alpha value is -1.60. The normalized spacial score (nSPS) is 21.0. The van der Waals surface area contributed by atoms with Crippen molar-refractivity contribution >= 4 is 28.0 Å². The number of carbonyl (C=O) groups is 2. The van der Waals surface area contributed by atoms with Crippen LogP contribution in [0.15, 0.2) is 28.7 Å². The standard InChI is InChI=1S/C18H25BrN2O4/c1-18(2,3)25-17(24)21-8-7-15(14(11-21)16(22)23)20-10-12-5-4-6-13(19)9-12/h4-6,9,14-15,20H,7-8,10-11H2,1-3H3,(H,22,23)/t14-,15-/m1/s1. The number of nitrogens with one attached hydrogen (secondary N) is 1. The Balaban J connectivity index is 1.97. The number of piperidine rings is 1. The average Bonchev–Trinajstić information content (AvgIpc) is 2.51. The van der Waals surface area contributed by atoms with Crippen LogP contribution in [0, 0.1) is 5.92 Å². The average molecular weight is 413 g/mol. The van der Waals surface area contributed by atoms with Gasteiger partial charge in [-0.15, -0.1) is 0 Å². The van der Waals surface area contributed by atoms with Crippen molar-refractivity contribution in [1.29, 1.82) is 0 Å². The van der Waals surface area contributed by atoms with Gasteiger partial charge in [-0.25, -0.2) is 4.79 Å². The summed E-state index contributed by atoms with van der Waals surface area (Å²) in [6.07, 6.45) is 0.119. The number of hydrogen-bond acceptors (Lipinski definition) is 4. The van der Waals surface area contributed by atoms with Crippen LogP contribution in [-0.2, 0) is 16.1 Å². The third kappa shape index (κ3) is 6.01. The lowest BCUT2D eigenvalue weighted by molar-refractivity contribution is -0.144. The van der Waals surface area contributed by atoms with Gasteiger partial charge in [-0.2, -0.15) is 0 Å². The predicted molar refractivity (Wildman–Crippen MR) is 98.3 cm³/mol. The highest BCUT2D eigenvalue weighted by Crippen LogP contribution is 2.21. The van der Waals surface area contributed by atoms with Crippen LogP contribution in [-0.4, -0.2) is 46.8 Å². The number of likely N-dealkylation sites (tertiary alicyclic amines) is 1. The van der Waals surface area contributed by atoms with Crippen LogP contribution in [0.25, 0.3) is 0 Å². The Morgan fingerprint density at radius 1 is 1.40 bits per heavy atom. The second-order valence-electron chi connectivity index (χ2n) is 7.28. The van der Waals surface area contributed by atoms with E-state index in [0.717, 1.165) is 10.0 Å². The number of aliphatic carboxylic acids is 1. The van der Waals surface area contributed by atoms with Crippen LogP contribution in [0.2, 0.25) is 0 Å². The van der Waals surface area contributed by atoms with Crippen molar-refractivity contribution in [3.63, 3.8) is 0 Å². The number of amides is 1. The Bertz CT molecular complexity index is 630. The molecule has 0 unspecified atom stereocenters. The minimum atomic E-state index is -0.903. The van der Waals surface area contributed by atoms with Crippen LogP contribution in [0.5, 0.6) is 0 Å². The third-order valence-corrected chi connectivity index (χ3v) is 4.53. The van der Waals surface area contributed by atoms with E-state index < -0.39 is 23.6 Å². The molecule has 1 aromatic carbocycles. The van der Waals surface area contributed by atoms with Crippen molar-refractivity contribution in [2.75, 3.05) is 13.1 Å². The van der Waals surface area contributed by atoms with Crippen molar-refractivity contribution in [2.45, 2.75) is 45.4 Å². The molecule has 0 aliphatic carbocycles. The molecule has 0 bridgehead atoms. The Labute approximate surface area is 156 Å². The van der Waals surface area contributed by atoms with Gasteiger partial charge in [-0.05, 0) is 44.9 Å². The molecule has 1 fully saturated rings. The van der Waals surface area contributed by atoms with Crippen molar-refractivity contribution in [1.82, 2.24) is 10.2 Å². The van der Waals surface area contributed by atoms with E-state index in [1.54, 1.807) is 20.8 Å². The van der Waals surface area contributed by atoms with Gasteiger partial charge in [0.05, 0.1) is 5.92 Å². The summed E-state index contributed by atoms with van der Waals surface area (Å²) in [4.78, 5) is 25.3. The molecular formula is C18H25BrN2O4. The topological polar surface area (TPSA) is 78.9 Å². The minimum absolute atomic E-state index is 0.153. The fourth-order valence-electron chi connectivity index (χ4n) is 2.83. The molecule has 1 heterocycles. The summed E-state index contributed by atoms with van der Waals surface area (Å²) in [5, 5.41) is 12.9. The zero-order valence-corrected chi connectivity index (χ0v) is 16.4. The molecule has 1 aliphatic rings. The molecule has 7 heteroatoms. The highest BCUT2D eigenvalue weighted by Gasteiger charge is 2.37. The van der Waals surface area contributed by atoms with Gasteiger partial charge < -0.3 is 20.1 Å². The number of ether oxygens (including phenoxy) is 1. The number of halogens is 1. The maximum atomic E-state index is 12.2. The van der Waals surface area contributed by atoms with Crippen molar-refractivity contribution in [3.8, 4) is 0 Å². The fourth-order valence-corrected chi connectivity index (χ4v) is 3.28. The third-order valence-electron chi connectivity index (χ3n) is 4.04. The van der Waals surface area contributed by atoms with Crippen LogP contribution >= 0.6 is 15.9 Å². The summed E-state index contributed by atoms with van der Waals surface area (Å²) in [7, 11) is 0. The van der Waals surface area contributed by atoms with Gasteiger partial charge in [-0.1, -0.05) is 28.1 Å². The molecule has 25 heavy (non-hydrogen) atoms. The zero-order valence-electron chi connectivity index (χ0n) is 14.8. The fraction of sp³-hybridized carbons (Fsp3) is 0.556. The van der Waals surface area contributed by atoms with Gasteiger partial charge >= 0.3 is 12.1 Å². The molecule has 1 amide bonds. The van der Waals surface area contributed by atoms with E-state index in [-0.39, 0.29) is 12.6 Å². The number of hydrogen-bond donors (Lipinski definition) is 2. The lowest BCUT2D eigenvalue weighted by Crippen LogP contribution is -2.54. The summed E-state index contributed by atoms with van der Waals surface area (Å²) in [6, 6.07) is 7.70. The largest absolute Gasteiger partial charge is 0.481 e. The minimum Gasteiger partial charge on any atom is -0.481 e. The molecule has 0 saturated carbocycles. The summed E-state index contributed by atoms with van der Waals surface area (Å²) >= 11 is 3.43. The van der Waals surface area contributed by atoms with Gasteiger partial charge in [0.25, 0.3) is 0 Å². The van der Waals surface area contributed by atoms with Gasteiger partial charge in [0.15, 0.2) is 0 Å². The first-order valence-corrected chi connectivity index (χ1v) is 9.13. The summed E-state index contributed by atoms with van der Waals surface area (Å²) in [5.74, 6) is -1.56. The maximum absolute atomic E-state index is 12.2. The molecule has 138 valence electrons. The van der Waals surface area contributed by atoms with E-state index in [1.165, 1.54) is 4.90 Å². The Kier molecular flexibility index (Phi) is 6.46. The number of carboxylic acids is 1. The summed E-state index contributed by atoms with van der Waals surface area (Å²) in [5.41, 5.74) is 0.485. The van der Waals surface area contributed by atoms with Gasteiger partial charge in [0.1, 0.15) is 5.60 Å². The van der Waals surface area contributed by atoms with Gasteiger partial charge in [0, 0.05) is 30.1 Å². The summed E-state index contributed by atoms with van der Waals surface area (Å²) < 4.78 is 6.34. The molecule has 6 nitrogen and oxygen atoms in total. The highest BCUT2D eigenvalue weighted by atomic mass is 79.9. The predicted octanol–water partition coefficient (Wildman–Crippen LogP) is 3.25. The van der Waals surface area contributed by atoms with E-state index in [0.29, 0.717) is 19.5 Å². The molecule has 1 aromatic rings. The van der Waals surface area contributed by atoms with E-state index in [1.807, 2.05) is 24.3 Å². The Morgan fingerprint density at radius 3 is 2.72 bits per heavy atom.